The van der Waals surface area contributed by atoms with Crippen molar-refractivity contribution in [3.63, 3.8) is 0 Å². The molecule has 3 aromatic heterocycles. The van der Waals surface area contributed by atoms with Crippen molar-refractivity contribution >= 4 is 34.8 Å². The van der Waals surface area contributed by atoms with E-state index in [-0.39, 0.29) is 11.9 Å². The number of aryl methyl sites for hydroxylation is 1. The number of aromatic amines is 1. The summed E-state index contributed by atoms with van der Waals surface area (Å²) in [6.45, 7) is 3.82. The van der Waals surface area contributed by atoms with Gasteiger partial charge in [0.2, 0.25) is 5.95 Å². The fraction of sp³-hybridized carbons (Fsp3) is 0.111. The maximum absolute atomic E-state index is 12.7. The number of amides is 1. The standard InChI is InChI=1S/C18H15ClN6OS/c1-10-9-13(11(2)25(10)18-20-7-8-27-18)16(26)22-17-21-15(23-24-17)12-5-3-4-6-14(12)19/h3-9H,1-2H3,(H2,21,22,23,24,26). The number of aromatic nitrogens is 5. The average molecular weight is 399 g/mol. The quantitative estimate of drug-likeness (QED) is 0.538. The topological polar surface area (TPSA) is 88.5 Å². The molecule has 0 aliphatic carbocycles. The third-order valence-corrected chi connectivity index (χ3v) is 5.21. The largest absolute Gasteiger partial charge is 0.294 e. The first-order chi connectivity index (χ1) is 13.0. The molecule has 0 unspecified atom stereocenters. The van der Waals surface area contributed by atoms with E-state index in [9.17, 15) is 4.79 Å². The molecule has 0 bridgehead atoms. The average Bonchev–Trinajstić information content (AvgIpc) is 3.37. The Morgan fingerprint density at radius 2 is 2.11 bits per heavy atom. The molecule has 136 valence electrons. The van der Waals surface area contributed by atoms with Gasteiger partial charge in [0, 0.05) is 28.5 Å². The van der Waals surface area contributed by atoms with Gasteiger partial charge in [-0.3, -0.25) is 19.8 Å². The van der Waals surface area contributed by atoms with E-state index in [4.69, 9.17) is 11.6 Å². The first-order valence-corrected chi connectivity index (χ1v) is 9.38. The number of rotatable bonds is 4. The van der Waals surface area contributed by atoms with Gasteiger partial charge in [0.1, 0.15) is 0 Å². The smallest absolute Gasteiger partial charge is 0.259 e. The summed E-state index contributed by atoms with van der Waals surface area (Å²) < 4.78 is 1.95. The van der Waals surface area contributed by atoms with E-state index in [0.29, 0.717) is 22.0 Å². The lowest BCUT2D eigenvalue weighted by Crippen LogP contribution is -2.14. The highest BCUT2D eigenvalue weighted by Gasteiger charge is 2.19. The van der Waals surface area contributed by atoms with Crippen LogP contribution in [0.25, 0.3) is 16.5 Å². The van der Waals surface area contributed by atoms with Crippen LogP contribution in [0.15, 0.2) is 41.9 Å². The van der Waals surface area contributed by atoms with Gasteiger partial charge in [-0.2, -0.15) is 4.98 Å². The third kappa shape index (κ3) is 3.24. The van der Waals surface area contributed by atoms with Gasteiger partial charge in [-0.15, -0.1) is 16.4 Å². The van der Waals surface area contributed by atoms with Crippen molar-refractivity contribution in [3.05, 3.63) is 63.9 Å². The van der Waals surface area contributed by atoms with E-state index in [0.717, 1.165) is 16.5 Å². The van der Waals surface area contributed by atoms with E-state index in [2.05, 4.69) is 25.5 Å². The number of benzene rings is 1. The molecule has 7 nitrogen and oxygen atoms in total. The molecule has 9 heteroatoms. The van der Waals surface area contributed by atoms with Crippen molar-refractivity contribution in [2.24, 2.45) is 0 Å². The second-order valence-electron chi connectivity index (χ2n) is 5.88. The highest BCUT2D eigenvalue weighted by Crippen LogP contribution is 2.26. The van der Waals surface area contributed by atoms with Crippen LogP contribution in [0, 0.1) is 13.8 Å². The summed E-state index contributed by atoms with van der Waals surface area (Å²) in [5, 5.41) is 12.9. The number of halogens is 1. The second-order valence-corrected chi connectivity index (χ2v) is 7.16. The zero-order chi connectivity index (χ0) is 19.0. The monoisotopic (exact) mass is 398 g/mol. The van der Waals surface area contributed by atoms with Crippen LogP contribution in [0.5, 0.6) is 0 Å². The Hall–Kier alpha value is -2.97. The van der Waals surface area contributed by atoms with Gasteiger partial charge in [0.25, 0.3) is 5.91 Å². The number of carbonyl (C=O) groups excluding carboxylic acids is 1. The third-order valence-electron chi connectivity index (χ3n) is 4.13. The molecular weight excluding hydrogens is 384 g/mol. The molecule has 4 rings (SSSR count). The Kier molecular flexibility index (Phi) is 4.51. The molecule has 0 fully saturated rings. The predicted molar refractivity (Wildman–Crippen MR) is 106 cm³/mol. The maximum atomic E-state index is 12.7. The molecule has 1 aromatic carbocycles. The highest BCUT2D eigenvalue weighted by molar-refractivity contribution is 7.12. The molecule has 27 heavy (non-hydrogen) atoms. The number of nitrogens with one attached hydrogen (secondary N) is 2. The molecule has 1 amide bonds. The van der Waals surface area contributed by atoms with Crippen LogP contribution < -0.4 is 5.32 Å². The predicted octanol–water partition coefficient (Wildman–Crippen LogP) is 4.24. The molecule has 0 aliphatic rings. The molecule has 0 saturated heterocycles. The van der Waals surface area contributed by atoms with Gasteiger partial charge in [0.15, 0.2) is 11.0 Å². The minimum atomic E-state index is -0.282. The number of carbonyl (C=O) groups is 1. The summed E-state index contributed by atoms with van der Waals surface area (Å²) in [7, 11) is 0. The lowest BCUT2D eigenvalue weighted by atomic mass is 10.2. The van der Waals surface area contributed by atoms with Crippen LogP contribution in [0.1, 0.15) is 21.7 Å². The Balaban J connectivity index is 1.59. The summed E-state index contributed by atoms with van der Waals surface area (Å²) in [4.78, 5) is 21.4. The highest BCUT2D eigenvalue weighted by atomic mass is 35.5. The van der Waals surface area contributed by atoms with E-state index in [1.807, 2.05) is 48.1 Å². The second kappa shape index (κ2) is 6.98. The number of thiazole rings is 1. The minimum absolute atomic E-state index is 0.189. The Morgan fingerprint density at radius 1 is 1.30 bits per heavy atom. The van der Waals surface area contributed by atoms with Gasteiger partial charge in [-0.1, -0.05) is 23.7 Å². The van der Waals surface area contributed by atoms with Crippen molar-refractivity contribution < 1.29 is 4.79 Å². The molecule has 0 aliphatic heterocycles. The van der Waals surface area contributed by atoms with Crippen molar-refractivity contribution in [2.75, 3.05) is 5.32 Å². The summed E-state index contributed by atoms with van der Waals surface area (Å²) in [5.74, 6) is 0.397. The Labute approximate surface area is 164 Å². The van der Waals surface area contributed by atoms with Crippen LogP contribution in [-0.4, -0.2) is 30.6 Å². The van der Waals surface area contributed by atoms with Gasteiger partial charge < -0.3 is 0 Å². The normalized spacial score (nSPS) is 10.9. The van der Waals surface area contributed by atoms with E-state index in [1.165, 1.54) is 11.3 Å². The minimum Gasteiger partial charge on any atom is -0.294 e. The summed E-state index contributed by atoms with van der Waals surface area (Å²) in [6.07, 6.45) is 1.74. The molecule has 0 spiro atoms. The summed E-state index contributed by atoms with van der Waals surface area (Å²) >= 11 is 7.69. The number of anilines is 1. The fourth-order valence-corrected chi connectivity index (χ4v) is 3.85. The van der Waals surface area contributed by atoms with E-state index in [1.54, 1.807) is 12.3 Å². The van der Waals surface area contributed by atoms with E-state index >= 15 is 0 Å². The number of hydrogen-bond donors (Lipinski definition) is 2. The van der Waals surface area contributed by atoms with Crippen molar-refractivity contribution in [3.8, 4) is 16.5 Å². The lowest BCUT2D eigenvalue weighted by molar-refractivity contribution is 0.102. The number of hydrogen-bond acceptors (Lipinski definition) is 5. The Morgan fingerprint density at radius 3 is 2.85 bits per heavy atom. The van der Waals surface area contributed by atoms with Crippen molar-refractivity contribution in [1.29, 1.82) is 0 Å². The van der Waals surface area contributed by atoms with Gasteiger partial charge in [-0.05, 0) is 32.0 Å². The fourth-order valence-electron chi connectivity index (χ4n) is 2.87. The summed E-state index contributed by atoms with van der Waals surface area (Å²) in [6, 6.07) is 9.12. The van der Waals surface area contributed by atoms with Crippen LogP contribution in [0.2, 0.25) is 5.02 Å². The molecular formula is C18H15ClN6OS. The van der Waals surface area contributed by atoms with Crippen molar-refractivity contribution in [1.82, 2.24) is 24.7 Å². The molecule has 0 atom stereocenters. The van der Waals surface area contributed by atoms with Crippen LogP contribution in [0.3, 0.4) is 0 Å². The molecule has 0 saturated carbocycles. The zero-order valence-electron chi connectivity index (χ0n) is 14.5. The maximum Gasteiger partial charge on any atom is 0.259 e. The van der Waals surface area contributed by atoms with Gasteiger partial charge in [0.05, 0.1) is 10.6 Å². The van der Waals surface area contributed by atoms with Gasteiger partial charge >= 0.3 is 0 Å². The molecule has 3 heterocycles. The molecule has 2 N–H and O–H groups in total. The molecule has 0 radical (unpaired) electrons. The molecule has 4 aromatic rings. The van der Waals surface area contributed by atoms with Crippen LogP contribution >= 0.6 is 22.9 Å². The first kappa shape index (κ1) is 17.4. The number of H-pyrrole nitrogens is 1. The Bertz CT molecular complexity index is 1120. The van der Waals surface area contributed by atoms with E-state index < -0.39 is 0 Å². The zero-order valence-corrected chi connectivity index (χ0v) is 16.1. The van der Waals surface area contributed by atoms with Crippen LogP contribution in [-0.2, 0) is 0 Å². The number of nitrogens with zero attached hydrogens (tertiary/aromatic N) is 4. The SMILES string of the molecule is Cc1cc(C(=O)Nc2n[nH]c(-c3ccccc3Cl)n2)c(C)n1-c1nccs1. The lowest BCUT2D eigenvalue weighted by Gasteiger charge is -2.05. The summed E-state index contributed by atoms with van der Waals surface area (Å²) in [5.41, 5.74) is 3.00. The van der Waals surface area contributed by atoms with Crippen LogP contribution in [0.4, 0.5) is 5.95 Å². The van der Waals surface area contributed by atoms with Crippen molar-refractivity contribution in [2.45, 2.75) is 13.8 Å². The first-order valence-electron chi connectivity index (χ1n) is 8.12. The van der Waals surface area contributed by atoms with Gasteiger partial charge in [-0.25, -0.2) is 4.98 Å².